The summed E-state index contributed by atoms with van der Waals surface area (Å²) in [6.45, 7) is 11.2. The second-order valence-electron chi connectivity index (χ2n) is 8.97. The first kappa shape index (κ1) is 21.7. The Kier molecular flexibility index (Phi) is 7.34. The van der Waals surface area contributed by atoms with E-state index in [0.29, 0.717) is 0 Å². The molecule has 30 heavy (non-hydrogen) atoms. The van der Waals surface area contributed by atoms with Gasteiger partial charge in [-0.15, -0.1) is 0 Å². The van der Waals surface area contributed by atoms with Gasteiger partial charge in [-0.2, -0.15) is 0 Å². The van der Waals surface area contributed by atoms with Crippen LogP contribution in [0.3, 0.4) is 0 Å². The van der Waals surface area contributed by atoms with Crippen LogP contribution in [0.4, 0.5) is 5.82 Å². The molecule has 0 radical (unpaired) electrons. The Hall–Kier alpha value is -1.56. The van der Waals surface area contributed by atoms with Crippen molar-refractivity contribution in [1.29, 1.82) is 0 Å². The third kappa shape index (κ3) is 5.37. The van der Waals surface area contributed by atoms with Crippen LogP contribution in [0.2, 0.25) is 0 Å². The molecule has 1 unspecified atom stereocenters. The molecule has 2 aliphatic rings. The number of rotatable bonds is 8. The van der Waals surface area contributed by atoms with Gasteiger partial charge in [0.25, 0.3) is 0 Å². The average Bonchev–Trinajstić information content (AvgIpc) is 3.27. The molecule has 0 amide bonds. The SMILES string of the molecule is CCN1CCN(c2cc(C)c3cc(CC(=S)CCCC4CCCN4)ccc3n2)CC1. The zero-order valence-corrected chi connectivity index (χ0v) is 19.4. The molecule has 3 heterocycles. The topological polar surface area (TPSA) is 31.4 Å². The number of hydrogen-bond donors (Lipinski definition) is 1. The summed E-state index contributed by atoms with van der Waals surface area (Å²) in [5.74, 6) is 1.12. The summed E-state index contributed by atoms with van der Waals surface area (Å²) in [6.07, 6.45) is 7.10. The number of pyridine rings is 1. The molecule has 2 saturated heterocycles. The van der Waals surface area contributed by atoms with Crippen LogP contribution < -0.4 is 10.2 Å². The number of benzene rings is 1. The minimum atomic E-state index is 0.723. The Labute approximate surface area is 187 Å². The Morgan fingerprint density at radius 3 is 2.77 bits per heavy atom. The highest BCUT2D eigenvalue weighted by Gasteiger charge is 2.18. The zero-order valence-electron chi connectivity index (χ0n) is 18.6. The van der Waals surface area contributed by atoms with E-state index in [-0.39, 0.29) is 0 Å². The van der Waals surface area contributed by atoms with Crippen molar-refractivity contribution in [3.8, 4) is 0 Å². The lowest BCUT2D eigenvalue weighted by molar-refractivity contribution is 0.270. The standard InChI is InChI=1S/C25H36N4S/c1-3-28-12-14-29(15-13-28)25-16-19(2)23-18-20(9-10-24(23)27-25)17-22(30)8-4-6-21-7-5-11-26-21/h9-10,16,18,21,26H,3-8,11-15,17H2,1-2H3. The highest BCUT2D eigenvalue weighted by molar-refractivity contribution is 7.80. The Bertz CT molecular complexity index is 867. The van der Waals surface area contributed by atoms with E-state index >= 15 is 0 Å². The van der Waals surface area contributed by atoms with Crippen molar-refractivity contribution in [2.75, 3.05) is 44.2 Å². The van der Waals surface area contributed by atoms with Crippen LogP contribution in [0, 0.1) is 6.92 Å². The minimum Gasteiger partial charge on any atom is -0.354 e. The summed E-state index contributed by atoms with van der Waals surface area (Å²) in [6, 6.07) is 9.70. The van der Waals surface area contributed by atoms with Gasteiger partial charge >= 0.3 is 0 Å². The Morgan fingerprint density at radius 1 is 1.20 bits per heavy atom. The normalized spacial score (nSPS) is 20.2. The van der Waals surface area contributed by atoms with Gasteiger partial charge in [0, 0.05) is 44.0 Å². The van der Waals surface area contributed by atoms with Gasteiger partial charge in [0.2, 0.25) is 0 Å². The lowest BCUT2D eigenvalue weighted by Gasteiger charge is -2.35. The lowest BCUT2D eigenvalue weighted by atomic mass is 10.0. The fourth-order valence-corrected chi connectivity index (χ4v) is 5.16. The third-order valence-corrected chi connectivity index (χ3v) is 7.13. The molecule has 5 heteroatoms. The fraction of sp³-hybridized carbons (Fsp3) is 0.600. The molecule has 1 N–H and O–H groups in total. The molecular weight excluding hydrogens is 388 g/mol. The number of nitrogens with one attached hydrogen (secondary N) is 1. The van der Waals surface area contributed by atoms with E-state index in [0.717, 1.165) is 62.9 Å². The van der Waals surface area contributed by atoms with Gasteiger partial charge in [-0.05, 0) is 86.3 Å². The first-order valence-corrected chi connectivity index (χ1v) is 12.2. The maximum atomic E-state index is 5.71. The van der Waals surface area contributed by atoms with E-state index in [4.69, 9.17) is 17.2 Å². The maximum Gasteiger partial charge on any atom is 0.129 e. The van der Waals surface area contributed by atoms with Crippen LogP contribution in [0.25, 0.3) is 10.9 Å². The van der Waals surface area contributed by atoms with E-state index < -0.39 is 0 Å². The van der Waals surface area contributed by atoms with Crippen LogP contribution >= 0.6 is 12.2 Å². The first-order chi connectivity index (χ1) is 14.6. The van der Waals surface area contributed by atoms with Crippen molar-refractivity contribution in [2.24, 2.45) is 0 Å². The number of aryl methyl sites for hydroxylation is 1. The van der Waals surface area contributed by atoms with Crippen molar-refractivity contribution >= 4 is 33.8 Å². The molecule has 2 fully saturated rings. The smallest absolute Gasteiger partial charge is 0.129 e. The first-order valence-electron chi connectivity index (χ1n) is 11.7. The number of nitrogens with zero attached hydrogens (tertiary/aromatic N) is 3. The number of fused-ring (bicyclic) bond motifs is 1. The quantitative estimate of drug-likeness (QED) is 0.630. The number of hydrogen-bond acceptors (Lipinski definition) is 5. The van der Waals surface area contributed by atoms with Crippen molar-refractivity contribution < 1.29 is 0 Å². The molecule has 1 aromatic carbocycles. The summed E-state index contributed by atoms with van der Waals surface area (Å²) in [7, 11) is 0. The van der Waals surface area contributed by atoms with E-state index in [1.165, 1.54) is 53.6 Å². The molecule has 2 aromatic rings. The second kappa shape index (κ2) is 10.2. The van der Waals surface area contributed by atoms with Crippen molar-refractivity contribution in [2.45, 2.75) is 58.4 Å². The third-order valence-electron chi connectivity index (χ3n) is 6.78. The van der Waals surface area contributed by atoms with Gasteiger partial charge in [-0.1, -0.05) is 25.2 Å². The zero-order chi connectivity index (χ0) is 20.9. The highest BCUT2D eigenvalue weighted by atomic mass is 32.1. The molecule has 1 atom stereocenters. The summed E-state index contributed by atoms with van der Waals surface area (Å²) < 4.78 is 0. The summed E-state index contributed by atoms with van der Waals surface area (Å²) >= 11 is 5.71. The Balaban J connectivity index is 1.37. The van der Waals surface area contributed by atoms with E-state index in [9.17, 15) is 0 Å². The van der Waals surface area contributed by atoms with E-state index in [2.05, 4.69) is 53.2 Å². The predicted octanol–water partition coefficient (Wildman–Crippen LogP) is 4.52. The molecule has 0 aliphatic carbocycles. The summed E-state index contributed by atoms with van der Waals surface area (Å²) in [4.78, 5) is 11.1. The van der Waals surface area contributed by atoms with Gasteiger partial charge in [0.15, 0.2) is 0 Å². The minimum absolute atomic E-state index is 0.723. The lowest BCUT2D eigenvalue weighted by Crippen LogP contribution is -2.46. The monoisotopic (exact) mass is 424 g/mol. The van der Waals surface area contributed by atoms with Gasteiger partial charge < -0.3 is 15.1 Å². The van der Waals surface area contributed by atoms with Crippen LogP contribution in [-0.4, -0.2) is 60.1 Å². The largest absolute Gasteiger partial charge is 0.354 e. The van der Waals surface area contributed by atoms with Gasteiger partial charge in [-0.25, -0.2) is 4.98 Å². The molecule has 2 aliphatic heterocycles. The van der Waals surface area contributed by atoms with Crippen molar-refractivity contribution in [3.05, 3.63) is 35.4 Å². The molecule has 1 aromatic heterocycles. The maximum absolute atomic E-state index is 5.71. The van der Waals surface area contributed by atoms with Gasteiger partial charge in [0.05, 0.1) is 5.52 Å². The van der Waals surface area contributed by atoms with Crippen LogP contribution in [-0.2, 0) is 6.42 Å². The van der Waals surface area contributed by atoms with Crippen molar-refractivity contribution in [3.63, 3.8) is 0 Å². The fourth-order valence-electron chi connectivity index (χ4n) is 4.85. The number of piperazine rings is 1. The predicted molar refractivity (Wildman–Crippen MR) is 132 cm³/mol. The molecular formula is C25H36N4S. The van der Waals surface area contributed by atoms with Gasteiger partial charge in [0.1, 0.15) is 5.82 Å². The van der Waals surface area contributed by atoms with Crippen LogP contribution in [0.5, 0.6) is 0 Å². The number of thiocarbonyl (C=S) groups is 1. The average molecular weight is 425 g/mol. The summed E-state index contributed by atoms with van der Waals surface area (Å²) in [5.41, 5.74) is 3.73. The number of likely N-dealkylation sites (N-methyl/N-ethyl adjacent to an activating group) is 1. The van der Waals surface area contributed by atoms with Crippen LogP contribution in [0.15, 0.2) is 24.3 Å². The molecule has 4 nitrogen and oxygen atoms in total. The number of anilines is 1. The molecule has 162 valence electrons. The molecule has 0 bridgehead atoms. The second-order valence-corrected chi connectivity index (χ2v) is 9.55. The Morgan fingerprint density at radius 2 is 2.03 bits per heavy atom. The molecule has 4 rings (SSSR count). The van der Waals surface area contributed by atoms with E-state index in [1.54, 1.807) is 0 Å². The summed E-state index contributed by atoms with van der Waals surface area (Å²) in [5, 5.41) is 4.85. The highest BCUT2D eigenvalue weighted by Crippen LogP contribution is 2.25. The van der Waals surface area contributed by atoms with Crippen molar-refractivity contribution in [1.82, 2.24) is 15.2 Å². The van der Waals surface area contributed by atoms with E-state index in [1.807, 2.05) is 0 Å². The molecule has 0 saturated carbocycles. The van der Waals surface area contributed by atoms with Gasteiger partial charge in [-0.3, -0.25) is 0 Å². The van der Waals surface area contributed by atoms with Crippen LogP contribution in [0.1, 0.15) is 50.2 Å². The number of aromatic nitrogens is 1. The molecule has 0 spiro atoms.